The van der Waals surface area contributed by atoms with E-state index in [1.807, 2.05) is 39.0 Å². The summed E-state index contributed by atoms with van der Waals surface area (Å²) in [4.78, 5) is 19.4. The van der Waals surface area contributed by atoms with Gasteiger partial charge in [-0.1, -0.05) is 0 Å². The first kappa shape index (κ1) is 21.3. The van der Waals surface area contributed by atoms with E-state index in [4.69, 9.17) is 14.5 Å². The van der Waals surface area contributed by atoms with Gasteiger partial charge >= 0.3 is 6.09 Å². The Labute approximate surface area is 184 Å². The topological polar surface area (TPSA) is 93.9 Å². The van der Waals surface area contributed by atoms with Gasteiger partial charge in [0, 0.05) is 18.5 Å². The first-order valence-electron chi connectivity index (χ1n) is 10.3. The number of halogens is 1. The molecule has 2 aromatic rings. The number of amides is 1. The minimum atomic E-state index is -0.530. The summed E-state index contributed by atoms with van der Waals surface area (Å²) >= 11 is 3.56. The van der Waals surface area contributed by atoms with Gasteiger partial charge in [0.2, 0.25) is 5.65 Å². The summed E-state index contributed by atoms with van der Waals surface area (Å²) in [5, 5.41) is 11.4. The number of alkyl carbamates (subject to hydrolysis) is 1. The van der Waals surface area contributed by atoms with Crippen LogP contribution in [-0.4, -0.2) is 63.1 Å². The molecule has 2 aliphatic rings. The Hall–Kier alpha value is -1.94. The monoisotopic (exact) mass is 480 g/mol. The highest BCUT2D eigenvalue weighted by molar-refractivity contribution is 9.10. The highest BCUT2D eigenvalue weighted by atomic mass is 79.9. The van der Waals surface area contributed by atoms with Crippen LogP contribution in [0.4, 0.5) is 10.6 Å². The summed E-state index contributed by atoms with van der Waals surface area (Å²) in [6, 6.07) is -0.0813. The largest absolute Gasteiger partial charge is 0.444 e. The van der Waals surface area contributed by atoms with Crippen molar-refractivity contribution in [3.63, 3.8) is 0 Å². The zero-order chi connectivity index (χ0) is 21.7. The summed E-state index contributed by atoms with van der Waals surface area (Å²) in [6.07, 6.45) is 3.02. The van der Waals surface area contributed by atoms with E-state index in [2.05, 4.69) is 36.3 Å². The van der Waals surface area contributed by atoms with Gasteiger partial charge in [-0.2, -0.15) is 0 Å². The van der Waals surface area contributed by atoms with Crippen molar-refractivity contribution in [3.8, 4) is 0 Å². The molecule has 9 nitrogen and oxygen atoms in total. The minimum Gasteiger partial charge on any atom is -0.444 e. The Bertz CT molecular complexity index is 948. The van der Waals surface area contributed by atoms with E-state index >= 15 is 0 Å². The van der Waals surface area contributed by atoms with Crippen molar-refractivity contribution >= 4 is 33.5 Å². The van der Waals surface area contributed by atoms with Crippen LogP contribution in [0.1, 0.15) is 46.2 Å². The van der Waals surface area contributed by atoms with E-state index in [0.29, 0.717) is 6.61 Å². The number of rotatable bonds is 2. The lowest BCUT2D eigenvalue weighted by Crippen LogP contribution is -2.55. The van der Waals surface area contributed by atoms with Crippen LogP contribution in [0.25, 0.3) is 5.65 Å². The Morgan fingerprint density at radius 1 is 1.37 bits per heavy atom. The predicted molar refractivity (Wildman–Crippen MR) is 116 cm³/mol. The number of aromatic nitrogens is 4. The van der Waals surface area contributed by atoms with Crippen LogP contribution in [-0.2, 0) is 9.47 Å². The van der Waals surface area contributed by atoms with Gasteiger partial charge in [-0.3, -0.25) is 4.40 Å². The summed E-state index contributed by atoms with van der Waals surface area (Å²) < 4.78 is 14.2. The maximum absolute atomic E-state index is 12.4. The molecule has 1 spiro atoms. The molecule has 2 fully saturated rings. The van der Waals surface area contributed by atoms with Gasteiger partial charge < -0.3 is 19.7 Å². The zero-order valence-corrected chi connectivity index (χ0v) is 19.7. The quantitative estimate of drug-likeness (QED) is 0.705. The standard InChI is InChI=1S/C20H29BrN6O3/c1-12-15(21)27-11-22-25-17(27)16(23-12)26-8-6-20(7-9-26)10-29-13(2)14(20)24-18(28)30-19(3,4)5/h11,13-14H,6-10H2,1-5H3,(H,24,28)/t13-,14+/m0/s1. The highest BCUT2D eigenvalue weighted by Crippen LogP contribution is 2.43. The number of carbonyl (C=O) groups is 1. The van der Waals surface area contributed by atoms with Crippen LogP contribution in [0.3, 0.4) is 0 Å². The SMILES string of the molecule is Cc1nc(N2CCC3(CC2)CO[C@@H](C)[C@H]3NC(=O)OC(C)(C)C)c2nncn2c1Br. The molecule has 4 heterocycles. The molecule has 30 heavy (non-hydrogen) atoms. The Morgan fingerprint density at radius 3 is 2.73 bits per heavy atom. The van der Waals surface area contributed by atoms with E-state index in [0.717, 1.165) is 47.7 Å². The molecule has 0 bridgehead atoms. The molecule has 2 aromatic heterocycles. The third-order valence-electron chi connectivity index (χ3n) is 6.03. The van der Waals surface area contributed by atoms with Gasteiger partial charge in [-0.05, 0) is 63.4 Å². The van der Waals surface area contributed by atoms with E-state index in [1.165, 1.54) is 0 Å². The summed E-state index contributed by atoms with van der Waals surface area (Å²) in [5.41, 5.74) is 0.988. The summed E-state index contributed by atoms with van der Waals surface area (Å²) in [5.74, 6) is 0.840. The second-order valence-corrected chi connectivity index (χ2v) is 10.1. The maximum Gasteiger partial charge on any atom is 0.407 e. The molecule has 10 heteroatoms. The molecule has 164 valence electrons. The van der Waals surface area contributed by atoms with Crippen LogP contribution in [0.15, 0.2) is 10.9 Å². The lowest BCUT2D eigenvalue weighted by Gasteiger charge is -2.43. The van der Waals surface area contributed by atoms with Crippen molar-refractivity contribution in [1.82, 2.24) is 24.9 Å². The molecule has 2 atom stereocenters. The average molecular weight is 481 g/mol. The van der Waals surface area contributed by atoms with Crippen LogP contribution in [0.2, 0.25) is 0 Å². The number of hydrogen-bond acceptors (Lipinski definition) is 7. The lowest BCUT2D eigenvalue weighted by molar-refractivity contribution is 0.0434. The number of fused-ring (bicyclic) bond motifs is 1. The van der Waals surface area contributed by atoms with Gasteiger partial charge in [0.1, 0.15) is 16.5 Å². The second kappa shape index (κ2) is 7.64. The molecule has 0 radical (unpaired) electrons. The molecule has 4 rings (SSSR count). The van der Waals surface area contributed by atoms with E-state index in [1.54, 1.807) is 6.33 Å². The van der Waals surface area contributed by atoms with Gasteiger partial charge in [0.25, 0.3) is 0 Å². The molecule has 0 aliphatic carbocycles. The van der Waals surface area contributed by atoms with Gasteiger partial charge in [0.15, 0.2) is 5.82 Å². The summed E-state index contributed by atoms with van der Waals surface area (Å²) in [6.45, 7) is 11.8. The second-order valence-electron chi connectivity index (χ2n) is 9.33. The molecule has 1 amide bonds. The van der Waals surface area contributed by atoms with Gasteiger partial charge in [-0.25, -0.2) is 9.78 Å². The molecule has 2 saturated heterocycles. The van der Waals surface area contributed by atoms with Crippen LogP contribution < -0.4 is 10.2 Å². The van der Waals surface area contributed by atoms with Gasteiger partial charge in [0.05, 0.1) is 24.4 Å². The number of piperidine rings is 1. The fourth-order valence-corrected chi connectivity index (χ4v) is 4.83. The van der Waals surface area contributed by atoms with E-state index < -0.39 is 5.60 Å². The minimum absolute atomic E-state index is 0.0553. The number of nitrogens with zero attached hydrogens (tertiary/aromatic N) is 5. The normalized spacial score (nSPS) is 23.9. The Balaban J connectivity index is 1.51. The number of nitrogens with one attached hydrogen (secondary N) is 1. The van der Waals surface area contributed by atoms with Crippen molar-refractivity contribution < 1.29 is 14.3 Å². The Kier molecular flexibility index (Phi) is 5.42. The summed E-state index contributed by atoms with van der Waals surface area (Å²) in [7, 11) is 0. The zero-order valence-electron chi connectivity index (χ0n) is 18.1. The highest BCUT2D eigenvalue weighted by Gasteiger charge is 2.50. The van der Waals surface area contributed by atoms with Crippen molar-refractivity contribution in [2.75, 3.05) is 24.6 Å². The fraction of sp³-hybridized carbons (Fsp3) is 0.700. The van der Waals surface area contributed by atoms with Crippen molar-refractivity contribution in [2.45, 2.75) is 65.2 Å². The van der Waals surface area contributed by atoms with E-state index in [-0.39, 0.29) is 23.7 Å². The van der Waals surface area contributed by atoms with Crippen LogP contribution in [0.5, 0.6) is 0 Å². The first-order valence-corrected chi connectivity index (χ1v) is 11.1. The smallest absolute Gasteiger partial charge is 0.407 e. The van der Waals surface area contributed by atoms with Crippen molar-refractivity contribution in [3.05, 3.63) is 16.6 Å². The van der Waals surface area contributed by atoms with Crippen molar-refractivity contribution in [1.29, 1.82) is 0 Å². The molecule has 0 unspecified atom stereocenters. The number of anilines is 1. The first-order chi connectivity index (χ1) is 14.1. The number of hydrogen-bond donors (Lipinski definition) is 1. The number of carbonyl (C=O) groups excluding carboxylic acids is 1. The van der Waals surface area contributed by atoms with Gasteiger partial charge in [-0.15, -0.1) is 10.2 Å². The number of aryl methyl sites for hydroxylation is 1. The third-order valence-corrected chi connectivity index (χ3v) is 6.98. The molecular weight excluding hydrogens is 452 g/mol. The van der Waals surface area contributed by atoms with Crippen molar-refractivity contribution in [2.24, 2.45) is 5.41 Å². The molecule has 2 aliphatic heterocycles. The Morgan fingerprint density at radius 2 is 2.07 bits per heavy atom. The third kappa shape index (κ3) is 3.87. The average Bonchev–Trinajstić information content (AvgIpc) is 3.26. The molecule has 0 aromatic carbocycles. The molecular formula is C20H29BrN6O3. The molecule has 1 N–H and O–H groups in total. The molecule has 0 saturated carbocycles. The lowest BCUT2D eigenvalue weighted by atomic mass is 9.73. The van der Waals surface area contributed by atoms with Crippen LogP contribution >= 0.6 is 15.9 Å². The van der Waals surface area contributed by atoms with Crippen LogP contribution in [0, 0.1) is 12.3 Å². The predicted octanol–water partition coefficient (Wildman–Crippen LogP) is 3.09. The van der Waals surface area contributed by atoms with E-state index in [9.17, 15) is 4.79 Å². The number of ether oxygens (including phenoxy) is 2. The fourth-order valence-electron chi connectivity index (χ4n) is 4.48. The maximum atomic E-state index is 12.4.